The molecule has 3 rings (SSSR count). The maximum atomic E-state index is 12.9. The monoisotopic (exact) mass is 409 g/mol. The normalized spacial score (nSPS) is 11.9. The Hall–Kier alpha value is -3.06. The first-order chi connectivity index (χ1) is 13.6. The van der Waals surface area contributed by atoms with Crippen LogP contribution < -0.4 is 4.72 Å². The Balaban J connectivity index is 2.06. The SMILES string of the molecule is Cc1ccc(-c2nc(C(C)(C)C)ccc2C(=O)NS(=O)(=O)c2ccccn2)cc1. The van der Waals surface area contributed by atoms with Crippen LogP contribution in [0.2, 0.25) is 0 Å². The average molecular weight is 410 g/mol. The van der Waals surface area contributed by atoms with Crippen LogP contribution in [-0.2, 0) is 15.4 Å². The topological polar surface area (TPSA) is 89.0 Å². The Morgan fingerprint density at radius 1 is 0.966 bits per heavy atom. The van der Waals surface area contributed by atoms with Gasteiger partial charge in [0.2, 0.25) is 0 Å². The van der Waals surface area contributed by atoms with E-state index in [1.165, 1.54) is 12.3 Å². The predicted molar refractivity (Wildman–Crippen MR) is 112 cm³/mol. The number of nitrogens with zero attached hydrogens (tertiary/aromatic N) is 2. The zero-order chi connectivity index (χ0) is 21.2. The Morgan fingerprint density at radius 3 is 2.24 bits per heavy atom. The second-order valence-electron chi connectivity index (χ2n) is 7.81. The van der Waals surface area contributed by atoms with Crippen molar-refractivity contribution in [1.29, 1.82) is 0 Å². The number of hydrogen-bond acceptors (Lipinski definition) is 5. The smallest absolute Gasteiger partial charge is 0.268 e. The molecule has 0 fully saturated rings. The van der Waals surface area contributed by atoms with Crippen LogP contribution in [0, 0.1) is 6.92 Å². The molecule has 1 N–H and O–H groups in total. The highest BCUT2D eigenvalue weighted by molar-refractivity contribution is 7.90. The molecule has 0 aliphatic rings. The van der Waals surface area contributed by atoms with Crippen molar-refractivity contribution < 1.29 is 13.2 Å². The lowest BCUT2D eigenvalue weighted by Crippen LogP contribution is -2.32. The van der Waals surface area contributed by atoms with Gasteiger partial charge in [0.1, 0.15) is 0 Å². The summed E-state index contributed by atoms with van der Waals surface area (Å²) in [7, 11) is -4.09. The molecule has 1 aromatic carbocycles. The number of amides is 1. The van der Waals surface area contributed by atoms with Gasteiger partial charge in [-0.05, 0) is 31.2 Å². The van der Waals surface area contributed by atoms with Crippen molar-refractivity contribution in [3.63, 3.8) is 0 Å². The van der Waals surface area contributed by atoms with Crippen molar-refractivity contribution in [2.45, 2.75) is 38.1 Å². The van der Waals surface area contributed by atoms with E-state index in [1.54, 1.807) is 24.3 Å². The van der Waals surface area contributed by atoms with E-state index in [0.717, 1.165) is 16.8 Å². The van der Waals surface area contributed by atoms with Crippen LogP contribution in [0.1, 0.15) is 42.4 Å². The van der Waals surface area contributed by atoms with Crippen molar-refractivity contribution in [1.82, 2.24) is 14.7 Å². The lowest BCUT2D eigenvalue weighted by molar-refractivity contribution is 0.0981. The summed E-state index contributed by atoms with van der Waals surface area (Å²) >= 11 is 0. The van der Waals surface area contributed by atoms with E-state index in [1.807, 2.05) is 52.0 Å². The number of hydrogen-bond donors (Lipinski definition) is 1. The molecule has 0 aliphatic heterocycles. The van der Waals surface area contributed by atoms with Gasteiger partial charge in [-0.3, -0.25) is 9.78 Å². The molecule has 0 bridgehead atoms. The highest BCUT2D eigenvalue weighted by Gasteiger charge is 2.24. The van der Waals surface area contributed by atoms with E-state index in [2.05, 4.69) is 9.71 Å². The van der Waals surface area contributed by atoms with Gasteiger partial charge in [-0.15, -0.1) is 0 Å². The summed E-state index contributed by atoms with van der Waals surface area (Å²) < 4.78 is 27.1. The maximum Gasteiger partial charge on any atom is 0.281 e. The van der Waals surface area contributed by atoms with Crippen LogP contribution in [0.5, 0.6) is 0 Å². The minimum atomic E-state index is -4.09. The zero-order valence-electron chi connectivity index (χ0n) is 16.8. The van der Waals surface area contributed by atoms with E-state index in [4.69, 9.17) is 4.98 Å². The summed E-state index contributed by atoms with van der Waals surface area (Å²) in [5, 5.41) is -0.218. The number of rotatable bonds is 4. The maximum absolute atomic E-state index is 12.9. The summed E-state index contributed by atoms with van der Waals surface area (Å²) in [6, 6.07) is 15.4. The molecular weight excluding hydrogens is 386 g/mol. The first-order valence-electron chi connectivity index (χ1n) is 9.15. The molecule has 6 nitrogen and oxygen atoms in total. The minimum Gasteiger partial charge on any atom is -0.268 e. The van der Waals surface area contributed by atoms with Crippen LogP contribution >= 0.6 is 0 Å². The molecule has 2 heterocycles. The number of nitrogens with one attached hydrogen (secondary N) is 1. The summed E-state index contributed by atoms with van der Waals surface area (Å²) in [5.74, 6) is -0.751. The van der Waals surface area contributed by atoms with Gasteiger partial charge in [0.05, 0.1) is 11.3 Å². The first-order valence-corrected chi connectivity index (χ1v) is 10.6. The van der Waals surface area contributed by atoms with Gasteiger partial charge in [0, 0.05) is 22.9 Å². The average Bonchev–Trinajstić information content (AvgIpc) is 2.68. The largest absolute Gasteiger partial charge is 0.281 e. The summed E-state index contributed by atoms with van der Waals surface area (Å²) in [6.45, 7) is 8.05. The van der Waals surface area contributed by atoms with Gasteiger partial charge >= 0.3 is 0 Å². The molecule has 1 amide bonds. The molecule has 0 radical (unpaired) electrons. The Kier molecular flexibility index (Phi) is 5.53. The van der Waals surface area contributed by atoms with Crippen LogP contribution in [0.3, 0.4) is 0 Å². The van der Waals surface area contributed by atoms with Gasteiger partial charge in [-0.2, -0.15) is 8.42 Å². The summed E-state index contributed by atoms with van der Waals surface area (Å²) in [4.78, 5) is 21.4. The summed E-state index contributed by atoms with van der Waals surface area (Å²) in [6.07, 6.45) is 1.36. The number of pyridine rings is 2. The van der Waals surface area contributed by atoms with Gasteiger partial charge in [0.15, 0.2) is 5.03 Å². The second kappa shape index (κ2) is 7.75. The van der Waals surface area contributed by atoms with E-state index in [0.29, 0.717) is 5.69 Å². The van der Waals surface area contributed by atoms with Gasteiger partial charge in [-0.25, -0.2) is 9.71 Å². The fourth-order valence-electron chi connectivity index (χ4n) is 2.73. The highest BCUT2D eigenvalue weighted by Crippen LogP contribution is 2.28. The van der Waals surface area contributed by atoms with Crippen molar-refractivity contribution in [3.05, 3.63) is 77.6 Å². The van der Waals surface area contributed by atoms with E-state index < -0.39 is 15.9 Å². The number of aromatic nitrogens is 2. The molecule has 7 heteroatoms. The van der Waals surface area contributed by atoms with E-state index in [-0.39, 0.29) is 16.0 Å². The Morgan fingerprint density at radius 2 is 1.66 bits per heavy atom. The third kappa shape index (κ3) is 4.68. The molecule has 0 saturated heterocycles. The fourth-order valence-corrected chi connectivity index (χ4v) is 3.64. The number of aryl methyl sites for hydroxylation is 1. The Labute approximate surface area is 171 Å². The van der Waals surface area contributed by atoms with Crippen LogP contribution in [0.25, 0.3) is 11.3 Å². The van der Waals surface area contributed by atoms with Crippen molar-refractivity contribution >= 4 is 15.9 Å². The molecule has 2 aromatic heterocycles. The molecule has 3 aromatic rings. The quantitative estimate of drug-likeness (QED) is 0.707. The number of carbonyl (C=O) groups excluding carboxylic acids is 1. The minimum absolute atomic E-state index is 0.182. The van der Waals surface area contributed by atoms with E-state index >= 15 is 0 Å². The van der Waals surface area contributed by atoms with Crippen LogP contribution in [-0.4, -0.2) is 24.3 Å². The zero-order valence-corrected chi connectivity index (χ0v) is 17.6. The van der Waals surface area contributed by atoms with Gasteiger partial charge < -0.3 is 0 Å². The molecular formula is C22H23N3O3S. The molecule has 0 spiro atoms. The lowest BCUT2D eigenvalue weighted by Gasteiger charge is -2.20. The molecule has 0 saturated carbocycles. The van der Waals surface area contributed by atoms with E-state index in [9.17, 15) is 13.2 Å². The number of sulfonamides is 1. The third-order valence-electron chi connectivity index (χ3n) is 4.37. The van der Waals surface area contributed by atoms with Crippen molar-refractivity contribution in [3.8, 4) is 11.3 Å². The standard InChI is InChI=1S/C22H23N3O3S/c1-15-8-10-16(11-9-15)20-17(12-13-18(24-20)22(2,3)4)21(26)25-29(27,28)19-7-5-6-14-23-19/h5-14H,1-4H3,(H,25,26). The lowest BCUT2D eigenvalue weighted by atomic mass is 9.90. The summed E-state index contributed by atoms with van der Waals surface area (Å²) in [5.41, 5.74) is 3.00. The Bertz CT molecular complexity index is 1130. The number of carbonyl (C=O) groups is 1. The molecule has 0 unspecified atom stereocenters. The van der Waals surface area contributed by atoms with Crippen LogP contribution in [0.15, 0.2) is 65.8 Å². The fraction of sp³-hybridized carbons (Fsp3) is 0.227. The van der Waals surface area contributed by atoms with Gasteiger partial charge in [-0.1, -0.05) is 56.7 Å². The second-order valence-corrected chi connectivity index (χ2v) is 9.44. The molecule has 0 aliphatic carbocycles. The molecule has 150 valence electrons. The highest BCUT2D eigenvalue weighted by atomic mass is 32.2. The number of benzene rings is 1. The van der Waals surface area contributed by atoms with Crippen molar-refractivity contribution in [2.24, 2.45) is 0 Å². The van der Waals surface area contributed by atoms with Crippen molar-refractivity contribution in [2.75, 3.05) is 0 Å². The molecule has 29 heavy (non-hydrogen) atoms. The third-order valence-corrected chi connectivity index (χ3v) is 5.62. The molecule has 0 atom stereocenters. The van der Waals surface area contributed by atoms with Crippen LogP contribution in [0.4, 0.5) is 0 Å². The van der Waals surface area contributed by atoms with Gasteiger partial charge in [0.25, 0.3) is 15.9 Å². The predicted octanol–water partition coefficient (Wildman–Crippen LogP) is 3.87. The first kappa shape index (κ1) is 20.7.